The van der Waals surface area contributed by atoms with Crippen molar-refractivity contribution in [1.29, 1.82) is 0 Å². The average molecular weight is 359 g/mol. The molecule has 0 bridgehead atoms. The smallest absolute Gasteiger partial charge is 0.220 e. The summed E-state index contributed by atoms with van der Waals surface area (Å²) in [5, 5.41) is 6.99. The highest BCUT2D eigenvalue weighted by molar-refractivity contribution is 5.77. The van der Waals surface area contributed by atoms with E-state index < -0.39 is 0 Å². The summed E-state index contributed by atoms with van der Waals surface area (Å²) in [5.74, 6) is 2.77. The molecule has 0 aromatic carbocycles. The van der Waals surface area contributed by atoms with E-state index in [0.29, 0.717) is 16.9 Å². The van der Waals surface area contributed by atoms with E-state index in [9.17, 15) is 4.79 Å². The van der Waals surface area contributed by atoms with Crippen LogP contribution in [-0.4, -0.2) is 17.5 Å². The fraction of sp³-hybridized carbons (Fsp3) is 0.870. The van der Waals surface area contributed by atoms with Crippen LogP contribution in [0.15, 0.2) is 11.8 Å². The second kappa shape index (κ2) is 6.01. The SMILES string of the molecule is CC(C)(C)NC=C1CC[C@H]2[C@@H]3CCC4NC(=O)CC[C@]4(C)[C@@H]3CC[C@]12C. The molecule has 3 nitrogen and oxygen atoms in total. The number of hydrogen-bond donors (Lipinski definition) is 2. The van der Waals surface area contributed by atoms with Gasteiger partial charge in [0.15, 0.2) is 0 Å². The molecule has 1 heterocycles. The van der Waals surface area contributed by atoms with E-state index in [-0.39, 0.29) is 11.4 Å². The zero-order valence-corrected chi connectivity index (χ0v) is 17.5. The third-order valence-corrected chi connectivity index (χ3v) is 8.62. The Hall–Kier alpha value is -0.990. The normalized spacial score (nSPS) is 47.0. The molecule has 26 heavy (non-hydrogen) atoms. The quantitative estimate of drug-likeness (QED) is 0.708. The van der Waals surface area contributed by atoms with Gasteiger partial charge in [-0.1, -0.05) is 13.8 Å². The Morgan fingerprint density at radius 2 is 1.81 bits per heavy atom. The Kier molecular flexibility index (Phi) is 4.24. The molecule has 4 rings (SSSR count). The van der Waals surface area contributed by atoms with Gasteiger partial charge in [0, 0.05) is 18.0 Å². The lowest BCUT2D eigenvalue weighted by Crippen LogP contribution is -2.60. The summed E-state index contributed by atoms with van der Waals surface area (Å²) in [6.45, 7) is 11.8. The fourth-order valence-corrected chi connectivity index (χ4v) is 7.09. The fourth-order valence-electron chi connectivity index (χ4n) is 7.09. The van der Waals surface area contributed by atoms with Gasteiger partial charge >= 0.3 is 0 Å². The lowest BCUT2D eigenvalue weighted by Gasteiger charge is -2.59. The second-order valence-electron chi connectivity index (χ2n) is 11.1. The maximum atomic E-state index is 11.9. The summed E-state index contributed by atoms with van der Waals surface area (Å²) < 4.78 is 0. The van der Waals surface area contributed by atoms with Gasteiger partial charge in [0.25, 0.3) is 0 Å². The molecular weight excluding hydrogens is 320 g/mol. The molecule has 0 aromatic rings. The summed E-state index contributed by atoms with van der Waals surface area (Å²) in [4.78, 5) is 11.9. The van der Waals surface area contributed by atoms with Crippen molar-refractivity contribution in [1.82, 2.24) is 10.6 Å². The molecule has 0 radical (unpaired) electrons. The standard InChI is InChI=1S/C23H38N2O/c1-21(2,3)24-14-15-6-8-17-16-7-9-19-23(5,13-11-20(26)25-19)18(16)10-12-22(15,17)4/h14,16-19,24H,6-13H2,1-5H3,(H,25,26)/t16-,17-,18+,19?,22+,23+/m0/s1. The van der Waals surface area contributed by atoms with Crippen molar-refractivity contribution in [2.75, 3.05) is 0 Å². The Morgan fingerprint density at radius 3 is 2.54 bits per heavy atom. The van der Waals surface area contributed by atoms with Gasteiger partial charge in [0.05, 0.1) is 0 Å². The van der Waals surface area contributed by atoms with Crippen LogP contribution in [-0.2, 0) is 4.79 Å². The predicted molar refractivity (Wildman–Crippen MR) is 107 cm³/mol. The molecule has 3 saturated carbocycles. The summed E-state index contributed by atoms with van der Waals surface area (Å²) in [7, 11) is 0. The monoisotopic (exact) mass is 358 g/mol. The Balaban J connectivity index is 1.57. The predicted octanol–water partition coefficient (Wildman–Crippen LogP) is 4.78. The Morgan fingerprint density at radius 1 is 1.04 bits per heavy atom. The molecule has 4 fully saturated rings. The van der Waals surface area contributed by atoms with E-state index in [2.05, 4.69) is 51.5 Å². The van der Waals surface area contributed by atoms with Crippen molar-refractivity contribution in [3.8, 4) is 0 Å². The van der Waals surface area contributed by atoms with Gasteiger partial charge in [-0.05, 0) is 106 Å². The maximum Gasteiger partial charge on any atom is 0.220 e. The first-order valence-electron chi connectivity index (χ1n) is 10.9. The molecule has 0 aromatic heterocycles. The first kappa shape index (κ1) is 18.4. The lowest BCUT2D eigenvalue weighted by molar-refractivity contribution is -0.134. The number of allylic oxidation sites excluding steroid dienone is 1. The molecule has 0 spiro atoms. The molecule has 3 aliphatic carbocycles. The molecule has 6 atom stereocenters. The second-order valence-corrected chi connectivity index (χ2v) is 11.1. The highest BCUT2D eigenvalue weighted by Crippen LogP contribution is 2.65. The minimum absolute atomic E-state index is 0.143. The van der Waals surface area contributed by atoms with Gasteiger partial charge in [-0.25, -0.2) is 0 Å². The molecule has 3 heteroatoms. The Bertz CT molecular complexity index is 618. The number of carbonyl (C=O) groups excluding carboxylic acids is 1. The molecule has 146 valence electrons. The number of carbonyl (C=O) groups is 1. The number of piperidine rings is 1. The van der Waals surface area contributed by atoms with Gasteiger partial charge in [-0.2, -0.15) is 0 Å². The van der Waals surface area contributed by atoms with E-state index in [0.717, 1.165) is 30.6 Å². The molecular formula is C23H38N2O. The van der Waals surface area contributed by atoms with Gasteiger partial charge in [0.1, 0.15) is 0 Å². The molecule has 2 N–H and O–H groups in total. The third kappa shape index (κ3) is 2.81. The van der Waals surface area contributed by atoms with Gasteiger partial charge < -0.3 is 10.6 Å². The molecule has 4 aliphatic rings. The number of nitrogens with one attached hydrogen (secondary N) is 2. The summed E-state index contributed by atoms with van der Waals surface area (Å²) in [6, 6.07) is 0.424. The largest absolute Gasteiger partial charge is 0.386 e. The summed E-state index contributed by atoms with van der Waals surface area (Å²) >= 11 is 0. The lowest BCUT2D eigenvalue weighted by atomic mass is 9.47. The minimum atomic E-state index is 0.143. The first-order chi connectivity index (χ1) is 12.1. The van der Waals surface area contributed by atoms with Crippen LogP contribution in [0, 0.1) is 28.6 Å². The van der Waals surface area contributed by atoms with E-state index in [1.807, 2.05) is 0 Å². The van der Waals surface area contributed by atoms with E-state index >= 15 is 0 Å². The molecule has 1 saturated heterocycles. The number of amides is 1. The average Bonchev–Trinajstić information content (AvgIpc) is 2.89. The molecule has 1 aliphatic heterocycles. The van der Waals surface area contributed by atoms with Crippen LogP contribution in [0.1, 0.15) is 86.0 Å². The highest BCUT2D eigenvalue weighted by Gasteiger charge is 2.59. The van der Waals surface area contributed by atoms with Crippen LogP contribution in [0.3, 0.4) is 0 Å². The zero-order valence-electron chi connectivity index (χ0n) is 17.5. The first-order valence-corrected chi connectivity index (χ1v) is 10.9. The highest BCUT2D eigenvalue weighted by atomic mass is 16.1. The zero-order chi connectivity index (χ0) is 18.7. The number of rotatable bonds is 1. The van der Waals surface area contributed by atoms with Crippen molar-refractivity contribution in [2.45, 2.75) is 97.6 Å². The van der Waals surface area contributed by atoms with E-state index in [1.54, 1.807) is 5.57 Å². The Labute approximate surface area is 159 Å². The summed E-state index contributed by atoms with van der Waals surface area (Å²) in [6.07, 6.45) is 12.0. The van der Waals surface area contributed by atoms with Crippen LogP contribution in [0.4, 0.5) is 0 Å². The van der Waals surface area contributed by atoms with Gasteiger partial charge in [0.2, 0.25) is 5.91 Å². The van der Waals surface area contributed by atoms with Gasteiger partial charge in [-0.15, -0.1) is 0 Å². The third-order valence-electron chi connectivity index (χ3n) is 8.62. The van der Waals surface area contributed by atoms with Crippen LogP contribution in [0.25, 0.3) is 0 Å². The van der Waals surface area contributed by atoms with Crippen LogP contribution in [0.2, 0.25) is 0 Å². The van der Waals surface area contributed by atoms with Crippen LogP contribution >= 0.6 is 0 Å². The van der Waals surface area contributed by atoms with E-state index in [4.69, 9.17) is 0 Å². The van der Waals surface area contributed by atoms with Crippen molar-refractivity contribution in [2.24, 2.45) is 28.6 Å². The number of fused-ring (bicyclic) bond motifs is 5. The molecule has 1 unspecified atom stereocenters. The van der Waals surface area contributed by atoms with Crippen molar-refractivity contribution < 1.29 is 4.79 Å². The van der Waals surface area contributed by atoms with Crippen molar-refractivity contribution in [3.05, 3.63) is 11.8 Å². The molecule has 1 amide bonds. The van der Waals surface area contributed by atoms with Crippen molar-refractivity contribution in [3.63, 3.8) is 0 Å². The minimum Gasteiger partial charge on any atom is -0.386 e. The van der Waals surface area contributed by atoms with Gasteiger partial charge in [-0.3, -0.25) is 4.79 Å². The number of hydrogen-bond acceptors (Lipinski definition) is 2. The van der Waals surface area contributed by atoms with E-state index in [1.165, 1.54) is 38.5 Å². The van der Waals surface area contributed by atoms with Crippen LogP contribution < -0.4 is 10.6 Å². The van der Waals surface area contributed by atoms with Crippen LogP contribution in [0.5, 0.6) is 0 Å². The topological polar surface area (TPSA) is 41.1 Å². The maximum absolute atomic E-state index is 11.9. The van der Waals surface area contributed by atoms with Crippen molar-refractivity contribution >= 4 is 5.91 Å². The summed E-state index contributed by atoms with van der Waals surface area (Å²) in [5.41, 5.74) is 2.53.